The van der Waals surface area contributed by atoms with E-state index in [9.17, 15) is 0 Å². The smallest absolute Gasteiger partial charge is 0.174 e. The summed E-state index contributed by atoms with van der Waals surface area (Å²) >= 11 is 0. The molecule has 0 amide bonds. The second-order valence-corrected chi connectivity index (χ2v) is 9.98. The van der Waals surface area contributed by atoms with Gasteiger partial charge in [-0.05, 0) is 49.9 Å². The van der Waals surface area contributed by atoms with Crippen LogP contribution in [0.3, 0.4) is 0 Å². The van der Waals surface area contributed by atoms with Crippen molar-refractivity contribution in [2.45, 2.75) is 83.7 Å². The summed E-state index contributed by atoms with van der Waals surface area (Å²) in [5.74, 6) is 1.56. The van der Waals surface area contributed by atoms with Gasteiger partial charge in [-0.2, -0.15) is 0 Å². The molecule has 0 bridgehead atoms. The second kappa shape index (κ2) is 5.92. The molecule has 5 aliphatic rings. The summed E-state index contributed by atoms with van der Waals surface area (Å²) in [4.78, 5) is 0. The zero-order valence-corrected chi connectivity index (χ0v) is 16.9. The van der Waals surface area contributed by atoms with E-state index in [4.69, 9.17) is 18.9 Å². The second-order valence-electron chi connectivity index (χ2n) is 9.98. The first-order chi connectivity index (χ1) is 12.5. The molecule has 2 heterocycles. The monoisotopic (exact) mass is 364 g/mol. The zero-order valence-electron chi connectivity index (χ0n) is 16.9. The van der Waals surface area contributed by atoms with E-state index in [1.165, 1.54) is 38.5 Å². The van der Waals surface area contributed by atoms with Crippen LogP contribution < -0.4 is 0 Å². The van der Waals surface area contributed by atoms with E-state index in [-0.39, 0.29) is 22.4 Å². The van der Waals surface area contributed by atoms with Crippen molar-refractivity contribution in [3.63, 3.8) is 0 Å². The van der Waals surface area contributed by atoms with Gasteiger partial charge in [0.1, 0.15) is 0 Å². The Morgan fingerprint density at radius 2 is 1.31 bits per heavy atom. The standard InChI is InChI=1S/C22H36O4/c1-4-8-19(2)17-6-9-20(3)18(7-11-22(20)25-14-15-26-22)16(17)5-10-21(19)23-12-13-24-21/h16-18H,4-15H2,1-3H3. The Hall–Kier alpha value is -0.160. The van der Waals surface area contributed by atoms with E-state index in [2.05, 4.69) is 20.8 Å². The molecule has 2 spiro atoms. The quantitative estimate of drug-likeness (QED) is 0.722. The van der Waals surface area contributed by atoms with Gasteiger partial charge in [0.15, 0.2) is 11.6 Å². The minimum Gasteiger partial charge on any atom is -0.347 e. The highest BCUT2D eigenvalue weighted by molar-refractivity contribution is 5.14. The lowest BCUT2D eigenvalue weighted by Crippen LogP contribution is -2.62. The maximum atomic E-state index is 6.36. The predicted octanol–water partition coefficient (Wildman–Crippen LogP) is 4.52. The first kappa shape index (κ1) is 17.9. The van der Waals surface area contributed by atoms with Crippen LogP contribution in [0, 0.1) is 28.6 Å². The predicted molar refractivity (Wildman–Crippen MR) is 98.6 cm³/mol. The number of ether oxygens (including phenoxy) is 4. The fourth-order valence-electron chi connectivity index (χ4n) is 8.12. The molecule has 4 heteroatoms. The average Bonchev–Trinajstić information content (AvgIpc) is 3.34. The summed E-state index contributed by atoms with van der Waals surface area (Å²) < 4.78 is 25.3. The van der Waals surface area contributed by atoms with Crippen molar-refractivity contribution < 1.29 is 18.9 Å². The van der Waals surface area contributed by atoms with E-state index < -0.39 is 0 Å². The molecule has 5 unspecified atom stereocenters. The van der Waals surface area contributed by atoms with Gasteiger partial charge in [-0.3, -0.25) is 0 Å². The molecule has 0 N–H and O–H groups in total. The SMILES string of the molecule is CCCC1(C)C2CCC3(C)C(CCC34OCCO4)C2CCC12OCCO2. The van der Waals surface area contributed by atoms with Gasteiger partial charge in [0.05, 0.1) is 26.4 Å². The summed E-state index contributed by atoms with van der Waals surface area (Å²) in [7, 11) is 0. The van der Waals surface area contributed by atoms with E-state index in [0.29, 0.717) is 11.8 Å². The van der Waals surface area contributed by atoms with Gasteiger partial charge < -0.3 is 18.9 Å². The van der Waals surface area contributed by atoms with Crippen LogP contribution in [0.15, 0.2) is 0 Å². The number of hydrogen-bond donors (Lipinski definition) is 0. The van der Waals surface area contributed by atoms with Crippen molar-refractivity contribution in [2.75, 3.05) is 26.4 Å². The van der Waals surface area contributed by atoms with Gasteiger partial charge in [0.25, 0.3) is 0 Å². The van der Waals surface area contributed by atoms with E-state index in [1.807, 2.05) is 0 Å². The molecule has 0 radical (unpaired) electrons. The lowest BCUT2D eigenvalue weighted by atomic mass is 9.47. The molecule has 148 valence electrons. The third kappa shape index (κ3) is 2.05. The van der Waals surface area contributed by atoms with Gasteiger partial charge in [-0.15, -0.1) is 0 Å². The Labute approximate surface area is 158 Å². The topological polar surface area (TPSA) is 36.9 Å². The van der Waals surface area contributed by atoms with Crippen LogP contribution >= 0.6 is 0 Å². The number of fused-ring (bicyclic) bond motifs is 4. The van der Waals surface area contributed by atoms with Crippen molar-refractivity contribution in [1.82, 2.24) is 0 Å². The molecule has 26 heavy (non-hydrogen) atoms. The van der Waals surface area contributed by atoms with Crippen molar-refractivity contribution >= 4 is 0 Å². The van der Waals surface area contributed by atoms with Gasteiger partial charge in [-0.25, -0.2) is 0 Å². The first-order valence-corrected chi connectivity index (χ1v) is 11.1. The number of rotatable bonds is 2. The Morgan fingerprint density at radius 3 is 1.96 bits per heavy atom. The lowest BCUT2D eigenvalue weighted by Gasteiger charge is -2.61. The third-order valence-corrected chi connectivity index (χ3v) is 9.25. The molecule has 0 aromatic rings. The Balaban J connectivity index is 1.49. The van der Waals surface area contributed by atoms with Crippen molar-refractivity contribution in [3.05, 3.63) is 0 Å². The van der Waals surface area contributed by atoms with Gasteiger partial charge in [0, 0.05) is 23.7 Å². The van der Waals surface area contributed by atoms with Crippen molar-refractivity contribution in [2.24, 2.45) is 28.6 Å². The Bertz CT molecular complexity index is 550. The molecule has 3 aliphatic carbocycles. The molecule has 5 rings (SSSR count). The summed E-state index contributed by atoms with van der Waals surface area (Å²) in [6.45, 7) is 10.3. The number of hydrogen-bond acceptors (Lipinski definition) is 4. The van der Waals surface area contributed by atoms with Crippen molar-refractivity contribution in [3.8, 4) is 0 Å². The Kier molecular flexibility index (Phi) is 4.08. The highest BCUT2D eigenvalue weighted by atomic mass is 16.7. The van der Waals surface area contributed by atoms with Crippen LogP contribution in [0.5, 0.6) is 0 Å². The van der Waals surface area contributed by atoms with Crippen LogP contribution in [-0.2, 0) is 18.9 Å². The van der Waals surface area contributed by atoms with Gasteiger partial charge in [0.2, 0.25) is 0 Å². The molecule has 3 saturated carbocycles. The zero-order chi connectivity index (χ0) is 18.0. The molecule has 5 fully saturated rings. The van der Waals surface area contributed by atoms with Crippen LogP contribution in [-0.4, -0.2) is 38.0 Å². The average molecular weight is 365 g/mol. The summed E-state index contributed by atoms with van der Waals surface area (Å²) in [5, 5.41) is 0. The minimum absolute atomic E-state index is 0.135. The minimum atomic E-state index is -0.325. The van der Waals surface area contributed by atoms with Gasteiger partial charge in [-0.1, -0.05) is 27.2 Å². The molecule has 2 saturated heterocycles. The van der Waals surface area contributed by atoms with E-state index in [0.717, 1.165) is 45.2 Å². The van der Waals surface area contributed by atoms with Crippen LogP contribution in [0.4, 0.5) is 0 Å². The third-order valence-electron chi connectivity index (χ3n) is 9.25. The van der Waals surface area contributed by atoms with E-state index in [1.54, 1.807) is 0 Å². The molecule has 4 nitrogen and oxygen atoms in total. The molecular weight excluding hydrogens is 328 g/mol. The first-order valence-electron chi connectivity index (χ1n) is 11.1. The molecule has 2 aliphatic heterocycles. The molecule has 0 aromatic carbocycles. The molecule has 5 atom stereocenters. The normalized spacial score (nSPS) is 48.8. The fourth-order valence-corrected chi connectivity index (χ4v) is 8.12. The highest BCUT2D eigenvalue weighted by Gasteiger charge is 2.69. The maximum absolute atomic E-state index is 6.36. The van der Waals surface area contributed by atoms with Gasteiger partial charge >= 0.3 is 0 Å². The van der Waals surface area contributed by atoms with Crippen LogP contribution in [0.1, 0.15) is 72.1 Å². The van der Waals surface area contributed by atoms with Crippen LogP contribution in [0.25, 0.3) is 0 Å². The lowest BCUT2D eigenvalue weighted by molar-refractivity contribution is -0.302. The van der Waals surface area contributed by atoms with E-state index >= 15 is 0 Å². The summed E-state index contributed by atoms with van der Waals surface area (Å²) in [5.41, 5.74) is 0.315. The maximum Gasteiger partial charge on any atom is 0.174 e. The molecular formula is C22H36O4. The summed E-state index contributed by atoms with van der Waals surface area (Å²) in [6.07, 6.45) is 9.52. The van der Waals surface area contributed by atoms with Crippen LogP contribution in [0.2, 0.25) is 0 Å². The van der Waals surface area contributed by atoms with Crippen molar-refractivity contribution in [1.29, 1.82) is 0 Å². The highest BCUT2D eigenvalue weighted by Crippen LogP contribution is 2.69. The Morgan fingerprint density at radius 1 is 0.731 bits per heavy atom. The fraction of sp³-hybridized carbons (Fsp3) is 1.00. The molecule has 0 aromatic heterocycles. The summed E-state index contributed by atoms with van der Waals surface area (Å²) in [6, 6.07) is 0. The largest absolute Gasteiger partial charge is 0.347 e.